The lowest BCUT2D eigenvalue weighted by Gasteiger charge is -2.39. The van der Waals surface area contributed by atoms with Crippen molar-refractivity contribution < 1.29 is 13.2 Å². The second-order valence-corrected chi connectivity index (χ2v) is 5.37. The number of nitrogens with zero attached hydrogens (tertiary/aromatic N) is 1. The highest BCUT2D eigenvalue weighted by atomic mass is 19.4. The lowest BCUT2D eigenvalue weighted by Crippen LogP contribution is -2.48. The second kappa shape index (κ2) is 5.14. The fourth-order valence-electron chi connectivity index (χ4n) is 3.35. The van der Waals surface area contributed by atoms with Gasteiger partial charge in [-0.3, -0.25) is 4.90 Å². The molecule has 5 heteroatoms. The number of hydrogen-bond acceptors (Lipinski definition) is 2. The SMILES string of the molecule is NCC1CCCC1N1CCCC(C(F)(F)F)C1. The summed E-state index contributed by atoms with van der Waals surface area (Å²) >= 11 is 0. The van der Waals surface area contributed by atoms with Gasteiger partial charge in [-0.25, -0.2) is 0 Å². The summed E-state index contributed by atoms with van der Waals surface area (Å²) in [5, 5.41) is 0. The molecule has 17 heavy (non-hydrogen) atoms. The van der Waals surface area contributed by atoms with Gasteiger partial charge in [-0.15, -0.1) is 0 Å². The molecule has 0 amide bonds. The van der Waals surface area contributed by atoms with Crippen molar-refractivity contribution in [3.05, 3.63) is 0 Å². The van der Waals surface area contributed by atoms with Gasteiger partial charge in [0.1, 0.15) is 0 Å². The largest absolute Gasteiger partial charge is 0.393 e. The zero-order valence-corrected chi connectivity index (χ0v) is 10.0. The third-order valence-electron chi connectivity index (χ3n) is 4.31. The molecule has 1 saturated carbocycles. The molecule has 100 valence electrons. The van der Waals surface area contributed by atoms with E-state index in [1.807, 2.05) is 4.90 Å². The molecule has 0 spiro atoms. The monoisotopic (exact) mass is 250 g/mol. The topological polar surface area (TPSA) is 29.3 Å². The summed E-state index contributed by atoms with van der Waals surface area (Å²) < 4.78 is 38.2. The van der Waals surface area contributed by atoms with Crippen LogP contribution in [0.25, 0.3) is 0 Å². The van der Waals surface area contributed by atoms with Crippen LogP contribution in [0.3, 0.4) is 0 Å². The zero-order valence-electron chi connectivity index (χ0n) is 10.0. The highest BCUT2D eigenvalue weighted by molar-refractivity contribution is 4.89. The molecular formula is C12H21F3N2. The summed E-state index contributed by atoms with van der Waals surface area (Å²) in [6, 6.07) is 0.296. The number of piperidine rings is 1. The van der Waals surface area contributed by atoms with E-state index < -0.39 is 12.1 Å². The summed E-state index contributed by atoms with van der Waals surface area (Å²) in [6.45, 7) is 1.61. The van der Waals surface area contributed by atoms with Crippen LogP contribution in [0.4, 0.5) is 13.2 Å². The Hall–Kier alpha value is -0.290. The van der Waals surface area contributed by atoms with Gasteiger partial charge in [-0.2, -0.15) is 13.2 Å². The fraction of sp³-hybridized carbons (Fsp3) is 1.00. The lowest BCUT2D eigenvalue weighted by atomic mass is 9.93. The van der Waals surface area contributed by atoms with E-state index in [0.29, 0.717) is 31.3 Å². The third-order valence-corrected chi connectivity index (χ3v) is 4.31. The predicted octanol–water partition coefficient (Wildman–Crippen LogP) is 2.39. The van der Waals surface area contributed by atoms with E-state index in [1.165, 1.54) is 0 Å². The summed E-state index contributed by atoms with van der Waals surface area (Å²) in [7, 11) is 0. The van der Waals surface area contributed by atoms with E-state index in [4.69, 9.17) is 5.73 Å². The molecule has 2 N–H and O–H groups in total. The van der Waals surface area contributed by atoms with E-state index in [9.17, 15) is 13.2 Å². The number of hydrogen-bond donors (Lipinski definition) is 1. The first kappa shape index (κ1) is 13.1. The van der Waals surface area contributed by atoms with Crippen LogP contribution in [-0.2, 0) is 0 Å². The van der Waals surface area contributed by atoms with Crippen molar-refractivity contribution in [1.82, 2.24) is 4.90 Å². The Kier molecular flexibility index (Phi) is 3.98. The Balaban J connectivity index is 1.97. The van der Waals surface area contributed by atoms with Crippen LogP contribution in [0.1, 0.15) is 32.1 Å². The van der Waals surface area contributed by atoms with Crippen molar-refractivity contribution >= 4 is 0 Å². The Labute approximate surface area is 100 Å². The molecule has 3 unspecified atom stereocenters. The normalized spacial score (nSPS) is 36.4. The quantitative estimate of drug-likeness (QED) is 0.815. The van der Waals surface area contributed by atoms with Crippen molar-refractivity contribution in [2.45, 2.75) is 44.3 Å². The summed E-state index contributed by atoms with van der Waals surface area (Å²) in [6.07, 6.45) is 0.133. The fourth-order valence-corrected chi connectivity index (χ4v) is 3.35. The average Bonchev–Trinajstić information content (AvgIpc) is 2.76. The van der Waals surface area contributed by atoms with E-state index in [1.54, 1.807) is 0 Å². The first-order chi connectivity index (χ1) is 8.02. The number of halogens is 3. The van der Waals surface area contributed by atoms with Crippen molar-refractivity contribution in [2.24, 2.45) is 17.6 Å². The molecule has 1 aliphatic carbocycles. The average molecular weight is 250 g/mol. The number of alkyl halides is 3. The van der Waals surface area contributed by atoms with Crippen molar-refractivity contribution in [1.29, 1.82) is 0 Å². The minimum absolute atomic E-state index is 0.185. The van der Waals surface area contributed by atoms with Gasteiger partial charge < -0.3 is 5.73 Å². The van der Waals surface area contributed by atoms with Crippen molar-refractivity contribution in [3.63, 3.8) is 0 Å². The molecule has 0 aromatic rings. The van der Waals surface area contributed by atoms with Crippen LogP contribution in [0, 0.1) is 11.8 Å². The number of rotatable bonds is 2. The predicted molar refractivity (Wildman–Crippen MR) is 60.5 cm³/mol. The molecule has 3 atom stereocenters. The molecule has 0 radical (unpaired) electrons. The number of likely N-dealkylation sites (tertiary alicyclic amines) is 1. The Morgan fingerprint density at radius 3 is 2.53 bits per heavy atom. The van der Waals surface area contributed by atoms with E-state index in [2.05, 4.69) is 0 Å². The van der Waals surface area contributed by atoms with E-state index in [-0.39, 0.29) is 6.54 Å². The van der Waals surface area contributed by atoms with Gasteiger partial charge >= 0.3 is 6.18 Å². The maximum Gasteiger partial charge on any atom is 0.393 e. The van der Waals surface area contributed by atoms with Crippen molar-refractivity contribution in [3.8, 4) is 0 Å². The standard InChI is InChI=1S/C12H21F3N2/c13-12(14,15)10-4-2-6-17(8-10)11-5-1-3-9(11)7-16/h9-11H,1-8,16H2. The van der Waals surface area contributed by atoms with Gasteiger partial charge in [0, 0.05) is 12.6 Å². The van der Waals surface area contributed by atoms with Gasteiger partial charge in [-0.05, 0) is 44.7 Å². The molecule has 2 aliphatic rings. The molecule has 0 aromatic heterocycles. The van der Waals surface area contributed by atoms with Crippen LogP contribution in [0.5, 0.6) is 0 Å². The molecule has 1 heterocycles. The summed E-state index contributed by atoms with van der Waals surface area (Å²) in [5.41, 5.74) is 5.70. The van der Waals surface area contributed by atoms with Gasteiger partial charge in [0.25, 0.3) is 0 Å². The molecule has 1 saturated heterocycles. The number of nitrogens with two attached hydrogens (primary N) is 1. The van der Waals surface area contributed by atoms with Gasteiger partial charge in [0.15, 0.2) is 0 Å². The molecule has 2 fully saturated rings. The van der Waals surface area contributed by atoms with Crippen LogP contribution in [0.15, 0.2) is 0 Å². The van der Waals surface area contributed by atoms with Gasteiger partial charge in [0.05, 0.1) is 5.92 Å². The third kappa shape index (κ3) is 2.94. The van der Waals surface area contributed by atoms with Crippen LogP contribution >= 0.6 is 0 Å². The molecular weight excluding hydrogens is 229 g/mol. The highest BCUT2D eigenvalue weighted by Crippen LogP contribution is 2.37. The van der Waals surface area contributed by atoms with Gasteiger partial charge in [-0.1, -0.05) is 6.42 Å². The first-order valence-electron chi connectivity index (χ1n) is 6.53. The molecule has 2 rings (SSSR count). The van der Waals surface area contributed by atoms with E-state index in [0.717, 1.165) is 25.8 Å². The Bertz CT molecular complexity index is 255. The molecule has 0 bridgehead atoms. The second-order valence-electron chi connectivity index (χ2n) is 5.37. The van der Waals surface area contributed by atoms with Crippen LogP contribution in [0.2, 0.25) is 0 Å². The molecule has 0 aromatic carbocycles. The summed E-state index contributed by atoms with van der Waals surface area (Å²) in [5.74, 6) is -0.725. The molecule has 1 aliphatic heterocycles. The first-order valence-corrected chi connectivity index (χ1v) is 6.53. The van der Waals surface area contributed by atoms with Crippen molar-refractivity contribution in [2.75, 3.05) is 19.6 Å². The van der Waals surface area contributed by atoms with E-state index >= 15 is 0 Å². The smallest absolute Gasteiger partial charge is 0.330 e. The zero-order chi connectivity index (χ0) is 12.5. The minimum Gasteiger partial charge on any atom is -0.330 e. The summed E-state index contributed by atoms with van der Waals surface area (Å²) in [4.78, 5) is 2.05. The van der Waals surface area contributed by atoms with Crippen LogP contribution in [-0.4, -0.2) is 36.8 Å². The lowest BCUT2D eigenvalue weighted by molar-refractivity contribution is -0.189. The molecule has 2 nitrogen and oxygen atoms in total. The van der Waals surface area contributed by atoms with Gasteiger partial charge in [0.2, 0.25) is 0 Å². The Morgan fingerprint density at radius 2 is 1.88 bits per heavy atom. The highest BCUT2D eigenvalue weighted by Gasteiger charge is 2.44. The maximum absolute atomic E-state index is 12.7. The minimum atomic E-state index is -4.03. The maximum atomic E-state index is 12.7. The van der Waals surface area contributed by atoms with Crippen LogP contribution < -0.4 is 5.73 Å². The Morgan fingerprint density at radius 1 is 1.12 bits per heavy atom.